The van der Waals surface area contributed by atoms with Crippen molar-refractivity contribution in [3.05, 3.63) is 0 Å². The maximum atomic E-state index is 12.8. The van der Waals surface area contributed by atoms with E-state index in [1.54, 1.807) is 0 Å². The fraction of sp³-hybridized carbons (Fsp3) is 0.833. The van der Waals surface area contributed by atoms with Crippen LogP contribution in [0.4, 0.5) is 13.2 Å². The van der Waals surface area contributed by atoms with Gasteiger partial charge in [0, 0.05) is 5.92 Å². The first kappa shape index (κ1) is 16.7. The molecule has 20 heavy (non-hydrogen) atoms. The Morgan fingerprint density at radius 1 is 1.35 bits per heavy atom. The Morgan fingerprint density at radius 3 is 2.50 bits per heavy atom. The molecule has 8 heteroatoms. The number of alkyl halides is 3. The molecule has 0 heterocycles. The Bertz CT molecular complexity index is 359. The summed E-state index contributed by atoms with van der Waals surface area (Å²) >= 11 is 0. The van der Waals surface area contributed by atoms with Crippen molar-refractivity contribution in [3.63, 3.8) is 0 Å². The molecule has 1 aliphatic carbocycles. The Labute approximate surface area is 114 Å². The van der Waals surface area contributed by atoms with E-state index in [9.17, 15) is 27.9 Å². The third-order valence-corrected chi connectivity index (χ3v) is 3.47. The first-order valence-corrected chi connectivity index (χ1v) is 6.37. The van der Waals surface area contributed by atoms with Gasteiger partial charge in [0.25, 0.3) is 0 Å². The van der Waals surface area contributed by atoms with E-state index in [-0.39, 0.29) is 12.8 Å². The first-order valence-electron chi connectivity index (χ1n) is 6.37. The number of halogens is 3. The lowest BCUT2D eigenvalue weighted by Crippen LogP contribution is -2.45. The van der Waals surface area contributed by atoms with Crippen LogP contribution in [0.1, 0.15) is 25.7 Å². The van der Waals surface area contributed by atoms with Crippen LogP contribution in [0, 0.1) is 11.8 Å². The van der Waals surface area contributed by atoms with Gasteiger partial charge in [0.05, 0.1) is 19.6 Å². The highest BCUT2D eigenvalue weighted by molar-refractivity contribution is 5.80. The standard InChI is InChI=1S/C12H18F3NO4/c1-20-11(19)9(17)6-16-10(18)7-4-2-3-5-8(7)12(13,14)15/h7-9,17H,2-6H2,1H3,(H,16,18). The molecule has 1 aliphatic rings. The smallest absolute Gasteiger partial charge is 0.392 e. The molecule has 0 aromatic heterocycles. The van der Waals surface area contributed by atoms with Gasteiger partial charge in [-0.2, -0.15) is 13.2 Å². The second kappa shape index (κ2) is 6.92. The summed E-state index contributed by atoms with van der Waals surface area (Å²) < 4.78 is 42.7. The summed E-state index contributed by atoms with van der Waals surface area (Å²) in [4.78, 5) is 22.7. The Hall–Kier alpha value is -1.31. The van der Waals surface area contributed by atoms with Crippen molar-refractivity contribution < 1.29 is 32.6 Å². The minimum Gasteiger partial charge on any atom is -0.467 e. The SMILES string of the molecule is COC(=O)C(O)CNC(=O)C1CCCCC1C(F)(F)F. The van der Waals surface area contributed by atoms with Crippen LogP contribution in [0.25, 0.3) is 0 Å². The topological polar surface area (TPSA) is 75.6 Å². The highest BCUT2D eigenvalue weighted by Gasteiger charge is 2.48. The predicted molar refractivity (Wildman–Crippen MR) is 62.5 cm³/mol. The average molecular weight is 297 g/mol. The lowest BCUT2D eigenvalue weighted by atomic mass is 9.78. The number of esters is 1. The van der Waals surface area contributed by atoms with E-state index < -0.39 is 42.5 Å². The maximum Gasteiger partial charge on any atom is 0.392 e. The van der Waals surface area contributed by atoms with Gasteiger partial charge in [-0.15, -0.1) is 0 Å². The Morgan fingerprint density at radius 2 is 1.95 bits per heavy atom. The largest absolute Gasteiger partial charge is 0.467 e. The summed E-state index contributed by atoms with van der Waals surface area (Å²) in [7, 11) is 1.06. The summed E-state index contributed by atoms with van der Waals surface area (Å²) in [6.45, 7) is -0.452. The third-order valence-electron chi connectivity index (χ3n) is 3.47. The number of carbonyl (C=O) groups excluding carboxylic acids is 2. The minimum atomic E-state index is -4.41. The minimum absolute atomic E-state index is 0.0683. The van der Waals surface area contributed by atoms with Crippen LogP contribution in [-0.4, -0.2) is 42.9 Å². The van der Waals surface area contributed by atoms with Crippen molar-refractivity contribution in [2.75, 3.05) is 13.7 Å². The van der Waals surface area contributed by atoms with Crippen molar-refractivity contribution in [2.24, 2.45) is 11.8 Å². The zero-order chi connectivity index (χ0) is 15.3. The zero-order valence-electron chi connectivity index (χ0n) is 11.1. The van der Waals surface area contributed by atoms with Gasteiger partial charge >= 0.3 is 12.1 Å². The van der Waals surface area contributed by atoms with Crippen LogP contribution in [0.2, 0.25) is 0 Å². The van der Waals surface area contributed by atoms with Crippen molar-refractivity contribution in [1.82, 2.24) is 5.32 Å². The van der Waals surface area contributed by atoms with E-state index >= 15 is 0 Å². The number of nitrogens with one attached hydrogen (secondary N) is 1. The monoisotopic (exact) mass is 297 g/mol. The second-order valence-corrected chi connectivity index (χ2v) is 4.82. The number of amides is 1. The highest BCUT2D eigenvalue weighted by atomic mass is 19.4. The zero-order valence-corrected chi connectivity index (χ0v) is 11.1. The lowest BCUT2D eigenvalue weighted by Gasteiger charge is -2.32. The molecule has 0 aromatic carbocycles. The lowest BCUT2D eigenvalue weighted by molar-refractivity contribution is -0.198. The van der Waals surface area contributed by atoms with E-state index in [2.05, 4.69) is 10.1 Å². The second-order valence-electron chi connectivity index (χ2n) is 4.82. The average Bonchev–Trinajstić information content (AvgIpc) is 2.42. The maximum absolute atomic E-state index is 12.8. The summed E-state index contributed by atoms with van der Waals surface area (Å²) in [5, 5.41) is 11.5. The molecule has 0 saturated heterocycles. The number of rotatable bonds is 4. The number of ether oxygens (including phenoxy) is 1. The number of hydrogen-bond acceptors (Lipinski definition) is 4. The van der Waals surface area contributed by atoms with Gasteiger partial charge in [-0.3, -0.25) is 4.79 Å². The van der Waals surface area contributed by atoms with E-state index in [4.69, 9.17) is 0 Å². The molecule has 5 nitrogen and oxygen atoms in total. The van der Waals surface area contributed by atoms with Gasteiger partial charge in [0.15, 0.2) is 6.10 Å². The molecular weight excluding hydrogens is 279 g/mol. The van der Waals surface area contributed by atoms with Crippen LogP contribution in [-0.2, 0) is 14.3 Å². The van der Waals surface area contributed by atoms with Crippen LogP contribution < -0.4 is 5.32 Å². The molecule has 0 bridgehead atoms. The number of carbonyl (C=O) groups is 2. The van der Waals surface area contributed by atoms with Gasteiger partial charge < -0.3 is 15.2 Å². The number of aliphatic hydroxyl groups excluding tert-OH is 1. The molecule has 116 valence electrons. The molecule has 1 saturated carbocycles. The number of hydrogen-bond donors (Lipinski definition) is 2. The normalized spacial score (nSPS) is 24.9. The van der Waals surface area contributed by atoms with Crippen molar-refractivity contribution in [3.8, 4) is 0 Å². The van der Waals surface area contributed by atoms with Crippen LogP contribution in [0.15, 0.2) is 0 Å². The quantitative estimate of drug-likeness (QED) is 0.759. The summed E-state index contributed by atoms with van der Waals surface area (Å²) in [5.41, 5.74) is 0. The van der Waals surface area contributed by atoms with Gasteiger partial charge in [0.2, 0.25) is 5.91 Å². The molecule has 1 amide bonds. The van der Waals surface area contributed by atoms with E-state index in [0.29, 0.717) is 12.8 Å². The third kappa shape index (κ3) is 4.36. The van der Waals surface area contributed by atoms with Crippen LogP contribution in [0.3, 0.4) is 0 Å². The van der Waals surface area contributed by atoms with Crippen molar-refractivity contribution in [2.45, 2.75) is 38.0 Å². The van der Waals surface area contributed by atoms with Gasteiger partial charge in [-0.1, -0.05) is 12.8 Å². The predicted octanol–water partition coefficient (Wildman–Crippen LogP) is 1.01. The van der Waals surface area contributed by atoms with Crippen LogP contribution >= 0.6 is 0 Å². The van der Waals surface area contributed by atoms with E-state index in [1.807, 2.05) is 0 Å². The van der Waals surface area contributed by atoms with E-state index in [1.165, 1.54) is 0 Å². The first-order chi connectivity index (χ1) is 9.27. The van der Waals surface area contributed by atoms with Gasteiger partial charge in [-0.25, -0.2) is 4.79 Å². The molecule has 1 fully saturated rings. The van der Waals surface area contributed by atoms with Crippen LogP contribution in [0.5, 0.6) is 0 Å². The molecule has 3 atom stereocenters. The van der Waals surface area contributed by atoms with Gasteiger partial charge in [0.1, 0.15) is 0 Å². The molecule has 0 spiro atoms. The Balaban J connectivity index is 2.58. The summed E-state index contributed by atoms with van der Waals surface area (Å²) in [6.07, 6.45) is -4.89. The molecule has 0 aliphatic heterocycles. The summed E-state index contributed by atoms with van der Waals surface area (Å²) in [5.74, 6) is -4.54. The van der Waals surface area contributed by atoms with Gasteiger partial charge in [-0.05, 0) is 12.8 Å². The Kier molecular flexibility index (Phi) is 5.79. The summed E-state index contributed by atoms with van der Waals surface area (Å²) in [6, 6.07) is 0. The molecule has 1 rings (SSSR count). The molecule has 3 unspecified atom stereocenters. The fourth-order valence-electron chi connectivity index (χ4n) is 2.38. The molecule has 2 N–H and O–H groups in total. The van der Waals surface area contributed by atoms with Crippen molar-refractivity contribution >= 4 is 11.9 Å². The fourth-order valence-corrected chi connectivity index (χ4v) is 2.38. The molecule has 0 aromatic rings. The number of aliphatic hydroxyl groups is 1. The van der Waals surface area contributed by atoms with E-state index in [0.717, 1.165) is 7.11 Å². The van der Waals surface area contributed by atoms with Crippen molar-refractivity contribution in [1.29, 1.82) is 0 Å². The number of methoxy groups -OCH3 is 1. The molecular formula is C12H18F3NO4. The highest BCUT2D eigenvalue weighted by Crippen LogP contribution is 2.41. The molecule has 0 radical (unpaired) electrons.